The lowest BCUT2D eigenvalue weighted by atomic mass is 10.1. The van der Waals surface area contributed by atoms with Crippen molar-refractivity contribution in [2.45, 2.75) is 45.8 Å². The van der Waals surface area contributed by atoms with Crippen molar-refractivity contribution in [2.24, 2.45) is 0 Å². The van der Waals surface area contributed by atoms with Gasteiger partial charge in [-0.15, -0.1) is 21.5 Å². The number of carbonyl (C=O) groups excluding carboxylic acids is 2. The van der Waals surface area contributed by atoms with E-state index in [0.717, 1.165) is 0 Å². The number of aryl methyl sites for hydroxylation is 1. The third-order valence-corrected chi connectivity index (χ3v) is 6.05. The van der Waals surface area contributed by atoms with Gasteiger partial charge < -0.3 is 14.5 Å². The third kappa shape index (κ3) is 5.62. The topological polar surface area (TPSA) is 115 Å². The van der Waals surface area contributed by atoms with Crippen molar-refractivity contribution in [1.82, 2.24) is 25.5 Å². The van der Waals surface area contributed by atoms with Gasteiger partial charge in [0.2, 0.25) is 11.7 Å². The van der Waals surface area contributed by atoms with Crippen molar-refractivity contribution >= 4 is 28.8 Å². The molecular formula is C25H28N6O4S. The number of nitrogens with zero attached hydrogens (tertiary/aromatic N) is 5. The fourth-order valence-electron chi connectivity index (χ4n) is 3.67. The van der Waals surface area contributed by atoms with Crippen LogP contribution in [-0.4, -0.2) is 44.7 Å². The predicted molar refractivity (Wildman–Crippen MR) is 136 cm³/mol. The lowest BCUT2D eigenvalue weighted by molar-refractivity contribution is -0.128. The zero-order valence-electron chi connectivity index (χ0n) is 20.8. The van der Waals surface area contributed by atoms with E-state index in [1.54, 1.807) is 36.4 Å². The molecule has 36 heavy (non-hydrogen) atoms. The highest BCUT2D eigenvalue weighted by molar-refractivity contribution is 7.10. The molecule has 0 aliphatic rings. The molecule has 0 radical (unpaired) electrons. The van der Waals surface area contributed by atoms with Crippen LogP contribution in [0.3, 0.4) is 0 Å². The third-order valence-electron chi connectivity index (χ3n) is 5.12. The molecule has 188 valence electrons. The van der Waals surface area contributed by atoms with E-state index >= 15 is 0 Å². The number of tetrazole rings is 1. The summed E-state index contributed by atoms with van der Waals surface area (Å²) in [6, 6.07) is 13.3. The zero-order valence-corrected chi connectivity index (χ0v) is 21.6. The Balaban J connectivity index is 1.74. The molecular weight excluding hydrogens is 480 g/mol. The highest BCUT2D eigenvalue weighted by Crippen LogP contribution is 2.36. The van der Waals surface area contributed by atoms with E-state index < -0.39 is 17.5 Å². The summed E-state index contributed by atoms with van der Waals surface area (Å²) >= 11 is 1.39. The van der Waals surface area contributed by atoms with Gasteiger partial charge in [-0.25, -0.2) is 0 Å². The van der Waals surface area contributed by atoms with Gasteiger partial charge in [-0.05, 0) is 68.6 Å². The predicted octanol–water partition coefficient (Wildman–Crippen LogP) is 4.00. The first kappa shape index (κ1) is 25.1. The number of para-hydroxylation sites is 2. The molecule has 0 fully saturated rings. The van der Waals surface area contributed by atoms with Gasteiger partial charge >= 0.3 is 0 Å². The highest BCUT2D eigenvalue weighted by atomic mass is 32.1. The van der Waals surface area contributed by atoms with Crippen molar-refractivity contribution in [3.63, 3.8) is 0 Å². The van der Waals surface area contributed by atoms with E-state index in [0.29, 0.717) is 27.8 Å². The fourth-order valence-corrected chi connectivity index (χ4v) is 4.48. The summed E-state index contributed by atoms with van der Waals surface area (Å²) in [5.74, 6) is 1.15. The van der Waals surface area contributed by atoms with Gasteiger partial charge in [0.05, 0.1) is 12.8 Å². The second-order valence-electron chi connectivity index (χ2n) is 9.15. The second kappa shape index (κ2) is 10.3. The average molecular weight is 509 g/mol. The maximum Gasteiger partial charge on any atom is 0.251 e. The molecule has 0 aliphatic heterocycles. The first-order valence-corrected chi connectivity index (χ1v) is 12.2. The molecule has 0 saturated heterocycles. The summed E-state index contributed by atoms with van der Waals surface area (Å²) in [7, 11) is 1.52. The van der Waals surface area contributed by atoms with Crippen molar-refractivity contribution in [1.29, 1.82) is 0 Å². The minimum absolute atomic E-state index is 0.255. The van der Waals surface area contributed by atoms with Crippen molar-refractivity contribution < 1.29 is 18.7 Å². The van der Waals surface area contributed by atoms with E-state index in [9.17, 15) is 9.59 Å². The molecule has 4 rings (SSSR count). The van der Waals surface area contributed by atoms with Crippen LogP contribution in [0.1, 0.15) is 37.5 Å². The van der Waals surface area contributed by atoms with Gasteiger partial charge in [-0.2, -0.15) is 4.80 Å². The van der Waals surface area contributed by atoms with E-state index in [-0.39, 0.29) is 18.3 Å². The SMILES string of the molecule is COc1ccccc1N(C(=O)Cn1nnc(-c2ccc(C)o2)n1)[C@H](C(=O)NC(C)(C)C)c1cccs1. The normalized spacial score (nSPS) is 12.2. The summed E-state index contributed by atoms with van der Waals surface area (Å²) in [4.78, 5) is 30.8. The van der Waals surface area contributed by atoms with Crippen LogP contribution in [0.15, 0.2) is 58.3 Å². The number of nitrogens with one attached hydrogen (secondary N) is 1. The molecule has 1 aromatic carbocycles. The molecule has 11 heteroatoms. The fraction of sp³-hybridized carbons (Fsp3) is 0.320. The monoisotopic (exact) mass is 508 g/mol. The summed E-state index contributed by atoms with van der Waals surface area (Å²) in [5.41, 5.74) is -0.0551. The van der Waals surface area contributed by atoms with Crippen LogP contribution in [-0.2, 0) is 16.1 Å². The molecule has 1 atom stereocenters. The molecule has 1 N–H and O–H groups in total. The summed E-state index contributed by atoms with van der Waals surface area (Å²) < 4.78 is 11.1. The number of amides is 2. The summed E-state index contributed by atoms with van der Waals surface area (Å²) in [6.45, 7) is 7.24. The Morgan fingerprint density at radius 2 is 1.94 bits per heavy atom. The minimum atomic E-state index is -0.941. The van der Waals surface area contributed by atoms with Crippen molar-refractivity contribution in [2.75, 3.05) is 12.0 Å². The summed E-state index contributed by atoms with van der Waals surface area (Å²) in [6.07, 6.45) is 0. The first-order chi connectivity index (χ1) is 17.2. The van der Waals surface area contributed by atoms with Crippen LogP contribution in [0.2, 0.25) is 0 Å². The van der Waals surface area contributed by atoms with Gasteiger partial charge in [-0.3, -0.25) is 14.5 Å². The number of carbonyl (C=O) groups is 2. The quantitative estimate of drug-likeness (QED) is 0.382. The average Bonchev–Trinajstić information content (AvgIpc) is 3.58. The van der Waals surface area contributed by atoms with Crippen LogP contribution < -0.4 is 15.0 Å². The lowest BCUT2D eigenvalue weighted by Gasteiger charge is -2.33. The lowest BCUT2D eigenvalue weighted by Crippen LogP contribution is -2.50. The molecule has 0 bridgehead atoms. The molecule has 3 aromatic heterocycles. The van der Waals surface area contributed by atoms with Gasteiger partial charge in [0.25, 0.3) is 5.91 Å². The van der Waals surface area contributed by atoms with Crippen molar-refractivity contribution in [3.05, 3.63) is 64.5 Å². The van der Waals surface area contributed by atoms with Crippen LogP contribution >= 0.6 is 11.3 Å². The van der Waals surface area contributed by atoms with E-state index in [4.69, 9.17) is 9.15 Å². The van der Waals surface area contributed by atoms with Crippen LogP contribution in [0, 0.1) is 6.92 Å². The van der Waals surface area contributed by atoms with Gasteiger partial charge in [-0.1, -0.05) is 18.2 Å². The zero-order chi connectivity index (χ0) is 25.9. The number of hydrogen-bond donors (Lipinski definition) is 1. The molecule has 0 saturated carbocycles. The highest BCUT2D eigenvalue weighted by Gasteiger charge is 2.36. The molecule has 3 heterocycles. The first-order valence-electron chi connectivity index (χ1n) is 11.3. The second-order valence-corrected chi connectivity index (χ2v) is 10.1. The molecule has 0 spiro atoms. The number of aromatic nitrogens is 4. The Bertz CT molecular complexity index is 1340. The number of anilines is 1. The van der Waals surface area contributed by atoms with Crippen molar-refractivity contribution in [3.8, 4) is 17.3 Å². The number of rotatable bonds is 8. The number of hydrogen-bond acceptors (Lipinski definition) is 8. The van der Waals surface area contributed by atoms with Gasteiger partial charge in [0, 0.05) is 10.4 Å². The Morgan fingerprint density at radius 1 is 1.17 bits per heavy atom. The minimum Gasteiger partial charge on any atom is -0.495 e. The maximum absolute atomic E-state index is 13.9. The van der Waals surface area contributed by atoms with Gasteiger partial charge in [0.15, 0.2) is 5.76 Å². The number of ether oxygens (including phenoxy) is 1. The maximum atomic E-state index is 13.9. The van der Waals surface area contributed by atoms with Crippen LogP contribution in [0.25, 0.3) is 11.6 Å². The number of benzene rings is 1. The standard InChI is InChI=1S/C25H28N6O4S/c1-16-12-13-19(35-16)23-27-29-30(28-23)15-21(32)31(17-9-6-7-10-18(17)34-5)22(20-11-8-14-36-20)24(33)26-25(2,3)4/h6-14,22H,15H2,1-5H3,(H,26,33)/t22-/m0/s1. The number of furan rings is 1. The largest absolute Gasteiger partial charge is 0.495 e. The smallest absolute Gasteiger partial charge is 0.251 e. The Labute approximate surface area is 212 Å². The van der Waals surface area contributed by atoms with Crippen LogP contribution in [0.5, 0.6) is 5.75 Å². The number of methoxy groups -OCH3 is 1. The van der Waals surface area contributed by atoms with Gasteiger partial charge in [0.1, 0.15) is 24.1 Å². The molecule has 2 amide bonds. The molecule has 0 aliphatic carbocycles. The molecule has 0 unspecified atom stereocenters. The Kier molecular flexibility index (Phi) is 7.20. The number of thiophene rings is 1. The molecule has 10 nitrogen and oxygen atoms in total. The van der Waals surface area contributed by atoms with E-state index in [2.05, 4.69) is 20.7 Å². The van der Waals surface area contributed by atoms with E-state index in [1.165, 1.54) is 28.1 Å². The van der Waals surface area contributed by atoms with E-state index in [1.807, 2.05) is 45.2 Å². The molecule has 4 aromatic rings. The Hall–Kier alpha value is -3.99. The Morgan fingerprint density at radius 3 is 2.58 bits per heavy atom. The summed E-state index contributed by atoms with van der Waals surface area (Å²) in [5, 5.41) is 17.2. The van der Waals surface area contributed by atoms with Crippen LogP contribution in [0.4, 0.5) is 5.69 Å².